The molecule has 0 amide bonds. The molecule has 0 N–H and O–H groups in total. The summed E-state index contributed by atoms with van der Waals surface area (Å²) < 4.78 is 11.8. The van der Waals surface area contributed by atoms with Crippen LogP contribution in [0.4, 0.5) is 0 Å². The molecule has 28 heavy (non-hydrogen) atoms. The van der Waals surface area contributed by atoms with E-state index in [9.17, 15) is 0 Å². The Hall–Kier alpha value is -0.930. The van der Waals surface area contributed by atoms with Crippen LogP contribution < -0.4 is 9.47 Å². The largest absolute Gasteiger partial charge is 0.494 e. The highest BCUT2D eigenvalue weighted by Crippen LogP contribution is 2.34. The first kappa shape index (κ1) is 23.3. The fourth-order valence-electron chi connectivity index (χ4n) is 3.26. The lowest BCUT2D eigenvalue weighted by molar-refractivity contribution is 0.304. The highest BCUT2D eigenvalue weighted by atomic mass is 79.9. The molecule has 0 fully saturated rings. The summed E-state index contributed by atoms with van der Waals surface area (Å²) in [7, 11) is 0. The maximum absolute atomic E-state index is 6.57. The number of unbranched alkanes of at least 4 members (excludes halogenated alkanes) is 8. The minimum Gasteiger partial charge on any atom is -0.494 e. The molecule has 0 atom stereocenters. The number of benzene rings is 2. The molecule has 2 aromatic carbocycles. The average molecular weight is 470 g/mol. The highest BCUT2D eigenvalue weighted by Gasteiger charge is 2.08. The zero-order chi connectivity index (χ0) is 20.0. The lowest BCUT2D eigenvalue weighted by Crippen LogP contribution is -1.99. The van der Waals surface area contributed by atoms with E-state index in [1.807, 2.05) is 18.2 Å². The van der Waals surface area contributed by atoms with Gasteiger partial charge in [-0.2, -0.15) is 0 Å². The van der Waals surface area contributed by atoms with Gasteiger partial charge in [0.25, 0.3) is 0 Å². The highest BCUT2D eigenvalue weighted by molar-refractivity contribution is 9.09. The first-order valence-electron chi connectivity index (χ1n) is 10.8. The molecular weight excluding hydrogens is 436 g/mol. The summed E-state index contributed by atoms with van der Waals surface area (Å²) in [6.45, 7) is 3.74. The molecule has 2 aromatic rings. The Bertz CT molecular complexity index is 690. The van der Waals surface area contributed by atoms with Gasteiger partial charge in [-0.25, -0.2) is 0 Å². The molecule has 0 saturated heterocycles. The SMILES string of the molecule is CCCCCCCCOc1ccc2c(Cl)c(OCCCCCCBr)ccc2c1. The summed E-state index contributed by atoms with van der Waals surface area (Å²) in [6.07, 6.45) is 12.4. The van der Waals surface area contributed by atoms with Crippen LogP contribution in [0.2, 0.25) is 5.02 Å². The Morgan fingerprint density at radius 3 is 2.21 bits per heavy atom. The minimum atomic E-state index is 0.695. The third-order valence-corrected chi connectivity index (χ3v) is 5.89. The third kappa shape index (κ3) is 8.21. The van der Waals surface area contributed by atoms with Crippen molar-refractivity contribution in [2.24, 2.45) is 0 Å². The molecule has 0 aliphatic rings. The number of halogens is 2. The van der Waals surface area contributed by atoms with Gasteiger partial charge in [0, 0.05) is 10.7 Å². The number of hydrogen-bond donors (Lipinski definition) is 0. The molecule has 0 spiro atoms. The number of hydrogen-bond acceptors (Lipinski definition) is 2. The molecule has 4 heteroatoms. The number of ether oxygens (including phenoxy) is 2. The number of fused-ring (bicyclic) bond motifs is 1. The topological polar surface area (TPSA) is 18.5 Å². The van der Waals surface area contributed by atoms with E-state index in [1.165, 1.54) is 51.4 Å². The van der Waals surface area contributed by atoms with Crippen molar-refractivity contribution in [3.8, 4) is 11.5 Å². The first-order valence-corrected chi connectivity index (χ1v) is 12.3. The van der Waals surface area contributed by atoms with Crippen LogP contribution in [0.3, 0.4) is 0 Å². The lowest BCUT2D eigenvalue weighted by Gasteiger charge is -2.12. The van der Waals surface area contributed by atoms with E-state index in [1.54, 1.807) is 0 Å². The van der Waals surface area contributed by atoms with Crippen molar-refractivity contribution in [3.05, 3.63) is 35.4 Å². The minimum absolute atomic E-state index is 0.695. The van der Waals surface area contributed by atoms with Crippen LogP contribution in [-0.2, 0) is 0 Å². The smallest absolute Gasteiger partial charge is 0.138 e. The molecule has 2 nitrogen and oxygen atoms in total. The van der Waals surface area contributed by atoms with Crippen LogP contribution in [0.25, 0.3) is 10.8 Å². The van der Waals surface area contributed by atoms with Gasteiger partial charge < -0.3 is 9.47 Å². The van der Waals surface area contributed by atoms with Gasteiger partial charge in [0.2, 0.25) is 0 Å². The van der Waals surface area contributed by atoms with E-state index in [0.29, 0.717) is 11.6 Å². The second-order valence-corrected chi connectivity index (χ2v) is 8.50. The second kappa shape index (κ2) is 14.1. The van der Waals surface area contributed by atoms with Crippen LogP contribution in [0.1, 0.15) is 71.1 Å². The fraction of sp³-hybridized carbons (Fsp3) is 0.583. The quantitative estimate of drug-likeness (QED) is 0.192. The van der Waals surface area contributed by atoms with Crippen molar-refractivity contribution < 1.29 is 9.47 Å². The van der Waals surface area contributed by atoms with Crippen molar-refractivity contribution in [1.82, 2.24) is 0 Å². The van der Waals surface area contributed by atoms with E-state index >= 15 is 0 Å². The maximum Gasteiger partial charge on any atom is 0.138 e. The Morgan fingerprint density at radius 1 is 0.786 bits per heavy atom. The van der Waals surface area contributed by atoms with Crippen LogP contribution in [0.5, 0.6) is 11.5 Å². The summed E-state index contributed by atoms with van der Waals surface area (Å²) in [5.74, 6) is 1.69. The molecule has 0 aliphatic heterocycles. The zero-order valence-corrected chi connectivity index (χ0v) is 19.5. The van der Waals surface area contributed by atoms with Crippen LogP contribution in [0, 0.1) is 0 Å². The van der Waals surface area contributed by atoms with Crippen molar-refractivity contribution in [3.63, 3.8) is 0 Å². The van der Waals surface area contributed by atoms with Gasteiger partial charge in [0.15, 0.2) is 0 Å². The Balaban J connectivity index is 1.80. The van der Waals surface area contributed by atoms with Crippen LogP contribution in [0.15, 0.2) is 30.3 Å². The van der Waals surface area contributed by atoms with E-state index in [-0.39, 0.29) is 0 Å². The molecule has 0 bridgehead atoms. The summed E-state index contributed by atoms with van der Waals surface area (Å²) in [5.41, 5.74) is 0. The number of rotatable bonds is 15. The van der Waals surface area contributed by atoms with E-state index < -0.39 is 0 Å². The molecule has 0 radical (unpaired) electrons. The van der Waals surface area contributed by atoms with E-state index in [0.717, 1.165) is 47.1 Å². The molecule has 0 saturated carbocycles. The van der Waals surface area contributed by atoms with Gasteiger partial charge in [-0.1, -0.05) is 85.5 Å². The summed E-state index contributed by atoms with van der Waals surface area (Å²) in [5, 5.41) is 3.88. The van der Waals surface area contributed by atoms with Gasteiger partial charge in [-0.3, -0.25) is 0 Å². The Labute approximate surface area is 184 Å². The summed E-state index contributed by atoms with van der Waals surface area (Å²) in [4.78, 5) is 0. The molecule has 0 aromatic heterocycles. The van der Waals surface area contributed by atoms with Gasteiger partial charge in [0.1, 0.15) is 11.5 Å². The van der Waals surface area contributed by atoms with Gasteiger partial charge >= 0.3 is 0 Å². The third-order valence-electron chi connectivity index (χ3n) is 4.94. The second-order valence-electron chi connectivity index (χ2n) is 7.33. The van der Waals surface area contributed by atoms with Crippen molar-refractivity contribution in [2.45, 2.75) is 71.1 Å². The predicted octanol–water partition coefficient (Wildman–Crippen LogP) is 8.57. The Kier molecular flexibility index (Phi) is 11.8. The normalized spacial score (nSPS) is 11.1. The van der Waals surface area contributed by atoms with Crippen LogP contribution in [-0.4, -0.2) is 18.5 Å². The van der Waals surface area contributed by atoms with Gasteiger partial charge in [-0.05, 0) is 48.9 Å². The molecule has 0 aliphatic carbocycles. The Morgan fingerprint density at radius 2 is 1.46 bits per heavy atom. The fourth-order valence-corrected chi connectivity index (χ4v) is 3.94. The first-order chi connectivity index (χ1) is 13.8. The molecule has 2 rings (SSSR count). The van der Waals surface area contributed by atoms with Gasteiger partial charge in [0.05, 0.1) is 18.2 Å². The maximum atomic E-state index is 6.57. The molecular formula is C24H34BrClO2. The van der Waals surface area contributed by atoms with Crippen LogP contribution >= 0.6 is 27.5 Å². The van der Waals surface area contributed by atoms with Crippen molar-refractivity contribution in [2.75, 3.05) is 18.5 Å². The van der Waals surface area contributed by atoms with E-state index in [2.05, 4.69) is 35.0 Å². The predicted molar refractivity (Wildman–Crippen MR) is 126 cm³/mol. The van der Waals surface area contributed by atoms with E-state index in [4.69, 9.17) is 21.1 Å². The van der Waals surface area contributed by atoms with Gasteiger partial charge in [-0.15, -0.1) is 0 Å². The van der Waals surface area contributed by atoms with Crippen molar-refractivity contribution >= 4 is 38.3 Å². The monoisotopic (exact) mass is 468 g/mol. The zero-order valence-electron chi connectivity index (χ0n) is 17.2. The summed E-state index contributed by atoms with van der Waals surface area (Å²) in [6, 6.07) is 10.2. The molecule has 0 unspecified atom stereocenters. The lowest BCUT2D eigenvalue weighted by atomic mass is 10.1. The average Bonchev–Trinajstić information content (AvgIpc) is 2.71. The van der Waals surface area contributed by atoms with Crippen molar-refractivity contribution in [1.29, 1.82) is 0 Å². The number of alkyl halides is 1. The molecule has 156 valence electrons. The standard InChI is InChI=1S/C24H34BrClO2/c1-2-3-4-5-7-10-17-27-21-13-14-22-20(19-21)12-15-23(24(22)26)28-18-11-8-6-9-16-25/h12-15,19H,2-11,16-18H2,1H3. The summed E-state index contributed by atoms with van der Waals surface area (Å²) >= 11 is 10.0. The molecule has 0 heterocycles.